The summed E-state index contributed by atoms with van der Waals surface area (Å²) in [6.45, 7) is 3.24. The number of pyridine rings is 1. The van der Waals surface area contributed by atoms with Crippen LogP contribution in [0.4, 0.5) is 0 Å². The van der Waals surface area contributed by atoms with Crippen LogP contribution in [0.25, 0.3) is 10.9 Å². The van der Waals surface area contributed by atoms with Crippen molar-refractivity contribution in [1.82, 2.24) is 4.98 Å². The molecule has 0 spiro atoms. The van der Waals surface area contributed by atoms with E-state index in [9.17, 15) is 0 Å². The van der Waals surface area contributed by atoms with Crippen molar-refractivity contribution in [3.8, 4) is 0 Å². The molecule has 0 amide bonds. The van der Waals surface area contributed by atoms with Gasteiger partial charge in [0.15, 0.2) is 0 Å². The first kappa shape index (κ1) is 10.5. The van der Waals surface area contributed by atoms with E-state index in [1.54, 1.807) is 0 Å². The average Bonchev–Trinajstić information content (AvgIpc) is 2.39. The van der Waals surface area contributed by atoms with Crippen molar-refractivity contribution < 1.29 is 0 Å². The smallest absolute Gasteiger partial charge is 0.0702 e. The molecule has 1 unspecified atom stereocenters. The van der Waals surface area contributed by atoms with Crippen molar-refractivity contribution in [1.29, 1.82) is 0 Å². The van der Waals surface area contributed by atoms with E-state index in [0.29, 0.717) is 0 Å². The molecule has 86 valence electrons. The van der Waals surface area contributed by atoms with E-state index in [2.05, 4.69) is 41.2 Å². The van der Waals surface area contributed by atoms with Gasteiger partial charge in [0.25, 0.3) is 0 Å². The number of hydrogen-bond acceptors (Lipinski definition) is 2. The number of aliphatic imine (C=N–C) groups is 1. The lowest BCUT2D eigenvalue weighted by atomic mass is 9.95. The molecule has 0 fully saturated rings. The number of nitrogens with zero attached hydrogens (tertiary/aromatic N) is 2. The lowest BCUT2D eigenvalue weighted by Crippen LogP contribution is -2.14. The summed E-state index contributed by atoms with van der Waals surface area (Å²) in [4.78, 5) is 9.02. The van der Waals surface area contributed by atoms with Crippen molar-refractivity contribution in [2.45, 2.75) is 19.8 Å². The molecule has 0 saturated carbocycles. The monoisotopic (exact) mass is 224 g/mol. The summed E-state index contributed by atoms with van der Waals surface area (Å²) in [6.07, 6.45) is 4.19. The van der Waals surface area contributed by atoms with Gasteiger partial charge in [0.1, 0.15) is 0 Å². The third kappa shape index (κ3) is 2.07. The minimum atomic E-state index is 0.737. The van der Waals surface area contributed by atoms with Gasteiger partial charge in [0.05, 0.1) is 5.52 Å². The van der Waals surface area contributed by atoms with Crippen LogP contribution in [0.3, 0.4) is 0 Å². The molecule has 1 aromatic heterocycles. The fourth-order valence-corrected chi connectivity index (χ4v) is 2.31. The zero-order chi connectivity index (χ0) is 11.7. The van der Waals surface area contributed by atoms with Gasteiger partial charge in [-0.1, -0.05) is 19.1 Å². The summed E-state index contributed by atoms with van der Waals surface area (Å²) >= 11 is 0. The fraction of sp³-hybridized carbons (Fsp3) is 0.333. The van der Waals surface area contributed by atoms with Gasteiger partial charge in [-0.2, -0.15) is 0 Å². The zero-order valence-corrected chi connectivity index (χ0v) is 10.1. The lowest BCUT2D eigenvalue weighted by Gasteiger charge is -2.17. The number of benzene rings is 1. The van der Waals surface area contributed by atoms with Crippen LogP contribution in [-0.4, -0.2) is 17.2 Å². The van der Waals surface area contributed by atoms with Gasteiger partial charge in [-0.05, 0) is 42.5 Å². The maximum absolute atomic E-state index is 4.68. The third-order valence-corrected chi connectivity index (χ3v) is 3.40. The van der Waals surface area contributed by atoms with Crippen molar-refractivity contribution >= 4 is 16.6 Å². The van der Waals surface area contributed by atoms with Crippen molar-refractivity contribution in [3.63, 3.8) is 0 Å². The highest BCUT2D eigenvalue weighted by Gasteiger charge is 2.13. The first-order valence-corrected chi connectivity index (χ1v) is 6.21. The molecule has 1 aromatic carbocycles. The van der Waals surface area contributed by atoms with Crippen LogP contribution in [0, 0.1) is 5.92 Å². The average molecular weight is 224 g/mol. The second-order valence-electron chi connectivity index (χ2n) is 4.84. The molecular weight excluding hydrogens is 208 g/mol. The molecule has 0 N–H and O–H groups in total. The largest absolute Gasteiger partial charge is 0.289 e. The summed E-state index contributed by atoms with van der Waals surface area (Å²) in [5.74, 6) is 0.737. The maximum atomic E-state index is 4.68. The van der Waals surface area contributed by atoms with Crippen LogP contribution in [0.1, 0.15) is 25.3 Å². The molecule has 17 heavy (non-hydrogen) atoms. The van der Waals surface area contributed by atoms with E-state index in [-0.39, 0.29) is 0 Å². The van der Waals surface area contributed by atoms with Crippen molar-refractivity contribution in [3.05, 3.63) is 42.1 Å². The molecule has 2 aromatic rings. The Balaban J connectivity index is 2.01. The van der Waals surface area contributed by atoms with Gasteiger partial charge in [0.2, 0.25) is 0 Å². The molecule has 0 radical (unpaired) electrons. The lowest BCUT2D eigenvalue weighted by molar-refractivity contribution is 0.538. The van der Waals surface area contributed by atoms with E-state index in [1.807, 2.05) is 12.3 Å². The highest BCUT2D eigenvalue weighted by molar-refractivity contribution is 6.03. The zero-order valence-electron chi connectivity index (χ0n) is 10.1. The molecule has 2 heterocycles. The molecule has 1 aliphatic heterocycles. The number of rotatable bonds is 1. The molecule has 1 atom stereocenters. The minimum absolute atomic E-state index is 0.737. The van der Waals surface area contributed by atoms with E-state index < -0.39 is 0 Å². The van der Waals surface area contributed by atoms with Gasteiger partial charge in [-0.25, -0.2) is 0 Å². The highest BCUT2D eigenvalue weighted by atomic mass is 14.8. The summed E-state index contributed by atoms with van der Waals surface area (Å²) < 4.78 is 0. The third-order valence-electron chi connectivity index (χ3n) is 3.40. The second kappa shape index (κ2) is 4.28. The fourth-order valence-electron chi connectivity index (χ4n) is 2.31. The molecule has 3 rings (SSSR count). The van der Waals surface area contributed by atoms with Crippen LogP contribution >= 0.6 is 0 Å². The normalized spacial score (nSPS) is 20.3. The summed E-state index contributed by atoms with van der Waals surface area (Å²) in [5, 5.41) is 1.20. The second-order valence-corrected chi connectivity index (χ2v) is 4.84. The Hall–Kier alpha value is -1.70. The van der Waals surface area contributed by atoms with Crippen LogP contribution in [-0.2, 0) is 0 Å². The number of fused-ring (bicyclic) bond motifs is 1. The number of aromatic nitrogens is 1. The van der Waals surface area contributed by atoms with Crippen molar-refractivity contribution in [2.75, 3.05) is 6.54 Å². The molecule has 2 heteroatoms. The standard InChI is InChI=1S/C15H16N2/c1-11-4-6-15(17-10-11)13-5-7-14-12(9-13)3-2-8-16-14/h2-3,5,7-9,11H,4,6,10H2,1H3. The number of hydrogen-bond donors (Lipinski definition) is 0. The molecule has 2 nitrogen and oxygen atoms in total. The van der Waals surface area contributed by atoms with Gasteiger partial charge >= 0.3 is 0 Å². The van der Waals surface area contributed by atoms with Crippen LogP contribution in [0.2, 0.25) is 0 Å². The Morgan fingerprint density at radius 2 is 2.18 bits per heavy atom. The van der Waals surface area contributed by atoms with Gasteiger partial charge in [0, 0.05) is 23.8 Å². The van der Waals surface area contributed by atoms with Gasteiger partial charge in [-0.15, -0.1) is 0 Å². The molecule has 1 aliphatic rings. The topological polar surface area (TPSA) is 25.2 Å². The summed E-state index contributed by atoms with van der Waals surface area (Å²) in [6, 6.07) is 10.5. The molecule has 0 bridgehead atoms. The Morgan fingerprint density at radius 1 is 1.24 bits per heavy atom. The molecular formula is C15H16N2. The summed E-state index contributed by atoms with van der Waals surface area (Å²) in [7, 11) is 0. The van der Waals surface area contributed by atoms with Crippen molar-refractivity contribution in [2.24, 2.45) is 10.9 Å². The highest BCUT2D eigenvalue weighted by Crippen LogP contribution is 2.20. The van der Waals surface area contributed by atoms with Gasteiger partial charge < -0.3 is 0 Å². The Kier molecular flexibility index (Phi) is 2.63. The first-order valence-electron chi connectivity index (χ1n) is 6.21. The SMILES string of the molecule is CC1CCC(c2ccc3ncccc3c2)=NC1. The summed E-state index contributed by atoms with van der Waals surface area (Å²) in [5.41, 5.74) is 3.58. The van der Waals surface area contributed by atoms with Crippen LogP contribution in [0.5, 0.6) is 0 Å². The van der Waals surface area contributed by atoms with Crippen LogP contribution < -0.4 is 0 Å². The minimum Gasteiger partial charge on any atom is -0.289 e. The Bertz CT molecular complexity index is 572. The quantitative estimate of drug-likeness (QED) is 0.728. The first-order chi connectivity index (χ1) is 8.33. The Morgan fingerprint density at radius 3 is 3.00 bits per heavy atom. The van der Waals surface area contributed by atoms with Crippen LogP contribution in [0.15, 0.2) is 41.5 Å². The predicted octanol–water partition coefficient (Wildman–Crippen LogP) is 3.45. The molecule has 0 saturated heterocycles. The maximum Gasteiger partial charge on any atom is 0.0702 e. The van der Waals surface area contributed by atoms with E-state index >= 15 is 0 Å². The van der Waals surface area contributed by atoms with E-state index in [0.717, 1.165) is 24.4 Å². The Labute approximate surface area is 101 Å². The van der Waals surface area contributed by atoms with E-state index in [1.165, 1.54) is 23.1 Å². The van der Waals surface area contributed by atoms with Gasteiger partial charge in [-0.3, -0.25) is 9.98 Å². The predicted molar refractivity (Wildman–Crippen MR) is 71.5 cm³/mol. The molecule has 0 aliphatic carbocycles. The van der Waals surface area contributed by atoms with E-state index in [4.69, 9.17) is 0 Å².